The van der Waals surface area contributed by atoms with Crippen LogP contribution in [0.25, 0.3) is 0 Å². The number of carbonyl (C=O) groups is 1. The fourth-order valence-electron chi connectivity index (χ4n) is 1.83. The molecule has 0 saturated carbocycles. The molecule has 0 unspecified atom stereocenters. The van der Waals surface area contributed by atoms with Crippen LogP contribution in [0.15, 0.2) is 28.3 Å². The minimum atomic E-state index is -0.119. The minimum absolute atomic E-state index is 0.119. The number of carbonyl (C=O) groups excluding carboxylic acids is 1. The number of hydrazone groups is 1. The van der Waals surface area contributed by atoms with Crippen molar-refractivity contribution in [2.45, 2.75) is 6.92 Å². The lowest BCUT2D eigenvalue weighted by atomic mass is 10.1. The molecule has 0 saturated heterocycles. The summed E-state index contributed by atoms with van der Waals surface area (Å²) in [5, 5.41) is 4.07. The number of benzene rings is 1. The van der Waals surface area contributed by atoms with Crippen molar-refractivity contribution in [1.82, 2.24) is 10.3 Å². The van der Waals surface area contributed by atoms with Gasteiger partial charge in [-0.2, -0.15) is 5.10 Å². The highest BCUT2D eigenvalue weighted by Crippen LogP contribution is 2.26. The maximum atomic E-state index is 11.2. The first-order valence-electron chi connectivity index (χ1n) is 5.02. The SMILES string of the molecule is Cc1ccc2c(c1)C1=NNC(=O)CN1C=N2. The number of nitrogens with one attached hydrogen (secondary N) is 1. The summed E-state index contributed by atoms with van der Waals surface area (Å²) in [5.41, 5.74) is 5.48. The van der Waals surface area contributed by atoms with Crippen molar-refractivity contribution in [2.75, 3.05) is 6.54 Å². The van der Waals surface area contributed by atoms with E-state index in [1.54, 1.807) is 11.2 Å². The van der Waals surface area contributed by atoms with Gasteiger partial charge in [0.15, 0.2) is 5.84 Å². The molecule has 1 aromatic rings. The van der Waals surface area contributed by atoms with Crippen LogP contribution in [0, 0.1) is 6.92 Å². The van der Waals surface area contributed by atoms with Crippen LogP contribution in [0.4, 0.5) is 5.69 Å². The molecule has 0 fully saturated rings. The van der Waals surface area contributed by atoms with E-state index in [9.17, 15) is 4.79 Å². The molecule has 0 bridgehead atoms. The molecule has 5 nitrogen and oxygen atoms in total. The predicted octanol–water partition coefficient (Wildman–Crippen LogP) is 0.762. The first-order valence-corrected chi connectivity index (χ1v) is 5.02. The summed E-state index contributed by atoms with van der Waals surface area (Å²) in [6.07, 6.45) is 1.65. The molecule has 2 aliphatic heterocycles. The average molecular weight is 214 g/mol. The van der Waals surface area contributed by atoms with Crippen LogP contribution in [0.1, 0.15) is 11.1 Å². The standard InChI is InChI=1S/C11H10N4O/c1-7-2-3-9-8(4-7)11-14-13-10(16)5-15(11)6-12-9/h2-4,6H,5H2,1H3,(H,13,16). The molecule has 1 N–H and O–H groups in total. The maximum absolute atomic E-state index is 11.2. The summed E-state index contributed by atoms with van der Waals surface area (Å²) >= 11 is 0. The molecule has 0 radical (unpaired) electrons. The summed E-state index contributed by atoms with van der Waals surface area (Å²) in [5.74, 6) is 0.639. The van der Waals surface area contributed by atoms with Crippen molar-refractivity contribution >= 4 is 23.8 Å². The number of nitrogens with zero attached hydrogens (tertiary/aromatic N) is 3. The topological polar surface area (TPSA) is 57.1 Å². The van der Waals surface area contributed by atoms with E-state index in [2.05, 4.69) is 15.5 Å². The van der Waals surface area contributed by atoms with Crippen molar-refractivity contribution in [1.29, 1.82) is 0 Å². The number of amides is 1. The highest BCUT2D eigenvalue weighted by molar-refractivity contribution is 6.13. The van der Waals surface area contributed by atoms with Gasteiger partial charge in [-0.3, -0.25) is 4.79 Å². The van der Waals surface area contributed by atoms with Gasteiger partial charge in [0.1, 0.15) is 6.54 Å². The normalized spacial score (nSPS) is 17.4. The lowest BCUT2D eigenvalue weighted by Crippen LogP contribution is -2.46. The molecule has 0 aliphatic carbocycles. The Kier molecular flexibility index (Phi) is 1.80. The molecule has 80 valence electrons. The molecule has 1 amide bonds. The number of hydrogen-bond donors (Lipinski definition) is 1. The van der Waals surface area contributed by atoms with Crippen molar-refractivity contribution < 1.29 is 4.79 Å². The molecule has 0 spiro atoms. The van der Waals surface area contributed by atoms with Crippen LogP contribution < -0.4 is 5.43 Å². The summed E-state index contributed by atoms with van der Waals surface area (Å²) in [6, 6.07) is 5.99. The molecule has 0 atom stereocenters. The van der Waals surface area contributed by atoms with Gasteiger partial charge in [-0.15, -0.1) is 0 Å². The van der Waals surface area contributed by atoms with Gasteiger partial charge in [0.05, 0.1) is 12.0 Å². The van der Waals surface area contributed by atoms with Crippen LogP contribution in [0.5, 0.6) is 0 Å². The molecule has 5 heteroatoms. The lowest BCUT2D eigenvalue weighted by Gasteiger charge is -2.28. The number of rotatable bonds is 0. The number of hydrogen-bond acceptors (Lipinski definition) is 4. The van der Waals surface area contributed by atoms with Crippen molar-refractivity contribution in [3.05, 3.63) is 29.3 Å². The second kappa shape index (κ2) is 3.16. The van der Waals surface area contributed by atoms with Gasteiger partial charge in [0, 0.05) is 5.56 Å². The predicted molar refractivity (Wildman–Crippen MR) is 60.7 cm³/mol. The smallest absolute Gasteiger partial charge is 0.260 e. The Labute approximate surface area is 92.5 Å². The summed E-state index contributed by atoms with van der Waals surface area (Å²) < 4.78 is 0. The van der Waals surface area contributed by atoms with Crippen LogP contribution in [0.3, 0.4) is 0 Å². The van der Waals surface area contributed by atoms with E-state index in [4.69, 9.17) is 0 Å². The summed E-state index contributed by atoms with van der Waals surface area (Å²) in [7, 11) is 0. The van der Waals surface area contributed by atoms with Crippen LogP contribution >= 0.6 is 0 Å². The largest absolute Gasteiger partial charge is 0.306 e. The minimum Gasteiger partial charge on any atom is -0.306 e. The highest BCUT2D eigenvalue weighted by Gasteiger charge is 2.25. The summed E-state index contributed by atoms with van der Waals surface area (Å²) in [4.78, 5) is 17.2. The first kappa shape index (κ1) is 9.08. The third kappa shape index (κ3) is 1.29. The van der Waals surface area contributed by atoms with Crippen molar-refractivity contribution in [3.63, 3.8) is 0 Å². The van der Waals surface area contributed by atoms with E-state index < -0.39 is 0 Å². The monoisotopic (exact) mass is 214 g/mol. The Morgan fingerprint density at radius 3 is 3.19 bits per heavy atom. The van der Waals surface area contributed by atoms with E-state index >= 15 is 0 Å². The maximum Gasteiger partial charge on any atom is 0.260 e. The Morgan fingerprint density at radius 2 is 2.31 bits per heavy atom. The van der Waals surface area contributed by atoms with Crippen LogP contribution in [0.2, 0.25) is 0 Å². The average Bonchev–Trinajstić information content (AvgIpc) is 2.28. The second-order valence-electron chi connectivity index (χ2n) is 3.86. The van der Waals surface area contributed by atoms with Gasteiger partial charge in [-0.25, -0.2) is 10.4 Å². The fourth-order valence-corrected chi connectivity index (χ4v) is 1.83. The molecular weight excluding hydrogens is 204 g/mol. The molecular formula is C11H10N4O. The zero-order chi connectivity index (χ0) is 11.1. The van der Waals surface area contributed by atoms with Crippen molar-refractivity contribution in [3.8, 4) is 0 Å². The number of aryl methyl sites for hydroxylation is 1. The number of fused-ring (bicyclic) bond motifs is 3. The third-order valence-electron chi connectivity index (χ3n) is 2.60. The zero-order valence-electron chi connectivity index (χ0n) is 8.77. The lowest BCUT2D eigenvalue weighted by molar-refractivity contribution is -0.121. The molecule has 1 aromatic carbocycles. The quantitative estimate of drug-likeness (QED) is 0.693. The van der Waals surface area contributed by atoms with E-state index in [1.807, 2.05) is 25.1 Å². The van der Waals surface area contributed by atoms with Gasteiger partial charge in [0.25, 0.3) is 5.91 Å². The molecule has 2 aliphatic rings. The number of aliphatic imine (C=N–C) groups is 1. The van der Waals surface area contributed by atoms with E-state index in [1.165, 1.54) is 0 Å². The highest BCUT2D eigenvalue weighted by atomic mass is 16.2. The first-order chi connectivity index (χ1) is 7.74. The van der Waals surface area contributed by atoms with Crippen LogP contribution in [-0.4, -0.2) is 29.5 Å². The van der Waals surface area contributed by atoms with Gasteiger partial charge in [0.2, 0.25) is 0 Å². The fraction of sp³-hybridized carbons (Fsp3) is 0.182. The molecule has 16 heavy (non-hydrogen) atoms. The Hall–Kier alpha value is -2.17. The Balaban J connectivity index is 2.16. The zero-order valence-corrected chi connectivity index (χ0v) is 8.77. The van der Waals surface area contributed by atoms with E-state index in [-0.39, 0.29) is 12.5 Å². The molecule has 0 aromatic heterocycles. The number of amidine groups is 1. The van der Waals surface area contributed by atoms with Crippen LogP contribution in [-0.2, 0) is 4.79 Å². The van der Waals surface area contributed by atoms with Crippen molar-refractivity contribution in [2.24, 2.45) is 10.1 Å². The Bertz CT molecular complexity index is 533. The van der Waals surface area contributed by atoms with Gasteiger partial charge >= 0.3 is 0 Å². The summed E-state index contributed by atoms with van der Waals surface area (Å²) in [6.45, 7) is 2.29. The van der Waals surface area contributed by atoms with Gasteiger partial charge in [-0.1, -0.05) is 11.6 Å². The second-order valence-corrected chi connectivity index (χ2v) is 3.86. The third-order valence-corrected chi connectivity index (χ3v) is 2.60. The van der Waals surface area contributed by atoms with Gasteiger partial charge in [-0.05, 0) is 19.1 Å². The van der Waals surface area contributed by atoms with Gasteiger partial charge < -0.3 is 4.90 Å². The Morgan fingerprint density at radius 1 is 1.44 bits per heavy atom. The van der Waals surface area contributed by atoms with E-state index in [0.717, 1.165) is 22.6 Å². The van der Waals surface area contributed by atoms with E-state index in [0.29, 0.717) is 0 Å². The molecule has 3 rings (SSSR count). The molecule has 2 heterocycles.